The van der Waals surface area contributed by atoms with E-state index in [9.17, 15) is 4.79 Å². The van der Waals surface area contributed by atoms with Gasteiger partial charge in [0.15, 0.2) is 0 Å². The van der Waals surface area contributed by atoms with Gasteiger partial charge in [-0.05, 0) is 14.0 Å². The third-order valence-electron chi connectivity index (χ3n) is 3.10. The average molecular weight is 268 g/mol. The number of piperazine rings is 1. The van der Waals surface area contributed by atoms with Crippen LogP contribution in [0.1, 0.15) is 10.7 Å². The van der Waals surface area contributed by atoms with Crippen LogP contribution < -0.4 is 5.32 Å². The zero-order valence-corrected chi connectivity index (χ0v) is 11.8. The van der Waals surface area contributed by atoms with E-state index in [0.29, 0.717) is 13.1 Å². The van der Waals surface area contributed by atoms with E-state index in [-0.39, 0.29) is 5.91 Å². The molecule has 1 aliphatic heterocycles. The maximum atomic E-state index is 11.9. The number of thiazole rings is 1. The predicted molar refractivity (Wildman–Crippen MR) is 72.6 cm³/mol. The minimum atomic E-state index is 0.190. The summed E-state index contributed by atoms with van der Waals surface area (Å²) in [5, 5.41) is 6.26. The van der Waals surface area contributed by atoms with E-state index in [1.54, 1.807) is 11.3 Å². The maximum Gasteiger partial charge on any atom is 0.236 e. The van der Waals surface area contributed by atoms with Gasteiger partial charge >= 0.3 is 0 Å². The first-order valence-electron chi connectivity index (χ1n) is 6.23. The highest BCUT2D eigenvalue weighted by atomic mass is 32.1. The Labute approximate surface area is 112 Å². The van der Waals surface area contributed by atoms with Gasteiger partial charge in [0.05, 0.1) is 17.2 Å². The second-order valence-corrected chi connectivity index (χ2v) is 5.71. The lowest BCUT2D eigenvalue weighted by Crippen LogP contribution is -2.49. The van der Waals surface area contributed by atoms with Gasteiger partial charge in [0.2, 0.25) is 5.91 Å². The molecule has 0 saturated carbocycles. The summed E-state index contributed by atoms with van der Waals surface area (Å²) in [6.07, 6.45) is 0. The van der Waals surface area contributed by atoms with Gasteiger partial charge in [-0.1, -0.05) is 0 Å². The van der Waals surface area contributed by atoms with Crippen LogP contribution >= 0.6 is 11.3 Å². The molecule has 0 spiro atoms. The Bertz CT molecular complexity index is 399. The monoisotopic (exact) mass is 268 g/mol. The molecule has 1 fully saturated rings. The summed E-state index contributed by atoms with van der Waals surface area (Å²) in [5.74, 6) is 0.190. The van der Waals surface area contributed by atoms with Crippen molar-refractivity contribution in [3.05, 3.63) is 16.1 Å². The lowest BCUT2D eigenvalue weighted by atomic mass is 10.3. The molecule has 0 aliphatic carbocycles. The summed E-state index contributed by atoms with van der Waals surface area (Å²) < 4.78 is 0. The van der Waals surface area contributed by atoms with Gasteiger partial charge in [-0.3, -0.25) is 4.79 Å². The molecular formula is C12H20N4OS. The number of nitrogens with zero attached hydrogens (tertiary/aromatic N) is 3. The summed E-state index contributed by atoms with van der Waals surface area (Å²) in [6.45, 7) is 6.68. The fourth-order valence-corrected chi connectivity index (χ4v) is 2.57. The number of aryl methyl sites for hydroxylation is 1. The van der Waals surface area contributed by atoms with Crippen LogP contribution in [-0.2, 0) is 11.3 Å². The van der Waals surface area contributed by atoms with Gasteiger partial charge in [-0.2, -0.15) is 0 Å². The van der Waals surface area contributed by atoms with Gasteiger partial charge in [-0.15, -0.1) is 11.3 Å². The van der Waals surface area contributed by atoms with Crippen molar-refractivity contribution in [3.8, 4) is 0 Å². The summed E-state index contributed by atoms with van der Waals surface area (Å²) in [4.78, 5) is 20.5. The van der Waals surface area contributed by atoms with Crippen molar-refractivity contribution in [1.29, 1.82) is 0 Å². The fraction of sp³-hybridized carbons (Fsp3) is 0.667. The van der Waals surface area contributed by atoms with Crippen LogP contribution in [0.15, 0.2) is 5.38 Å². The molecular weight excluding hydrogens is 248 g/mol. The van der Waals surface area contributed by atoms with Crippen LogP contribution in [0.4, 0.5) is 0 Å². The van der Waals surface area contributed by atoms with Crippen molar-refractivity contribution in [1.82, 2.24) is 20.1 Å². The minimum absolute atomic E-state index is 0.190. The van der Waals surface area contributed by atoms with Gasteiger partial charge in [-0.25, -0.2) is 4.98 Å². The zero-order valence-electron chi connectivity index (χ0n) is 11.0. The lowest BCUT2D eigenvalue weighted by Gasteiger charge is -2.32. The lowest BCUT2D eigenvalue weighted by molar-refractivity contribution is -0.131. The van der Waals surface area contributed by atoms with Crippen LogP contribution in [0, 0.1) is 6.92 Å². The van der Waals surface area contributed by atoms with E-state index in [2.05, 4.69) is 22.2 Å². The Morgan fingerprint density at radius 2 is 2.17 bits per heavy atom. The molecule has 0 aromatic carbocycles. The molecule has 1 saturated heterocycles. The number of aromatic nitrogens is 1. The third kappa shape index (κ3) is 3.76. The van der Waals surface area contributed by atoms with Crippen molar-refractivity contribution < 1.29 is 4.79 Å². The van der Waals surface area contributed by atoms with E-state index in [1.807, 2.05) is 17.2 Å². The molecule has 1 aromatic heterocycles. The molecule has 1 aromatic rings. The Morgan fingerprint density at radius 3 is 2.78 bits per heavy atom. The fourth-order valence-electron chi connectivity index (χ4n) is 1.95. The zero-order chi connectivity index (χ0) is 13.0. The van der Waals surface area contributed by atoms with Crippen molar-refractivity contribution in [2.24, 2.45) is 0 Å². The molecule has 1 amide bonds. The first-order chi connectivity index (χ1) is 8.65. The van der Waals surface area contributed by atoms with Crippen LogP contribution in [0.3, 0.4) is 0 Å². The smallest absolute Gasteiger partial charge is 0.236 e. The first kappa shape index (κ1) is 13.5. The van der Waals surface area contributed by atoms with Crippen molar-refractivity contribution in [2.75, 3.05) is 39.8 Å². The van der Waals surface area contributed by atoms with E-state index in [0.717, 1.165) is 36.9 Å². The second-order valence-electron chi connectivity index (χ2n) is 4.65. The molecule has 0 radical (unpaired) electrons. The third-order valence-corrected chi connectivity index (χ3v) is 3.93. The molecule has 18 heavy (non-hydrogen) atoms. The van der Waals surface area contributed by atoms with Gasteiger partial charge < -0.3 is 15.1 Å². The Kier molecular flexibility index (Phi) is 4.68. The Morgan fingerprint density at radius 1 is 1.44 bits per heavy atom. The molecule has 5 nitrogen and oxygen atoms in total. The molecule has 6 heteroatoms. The molecule has 0 atom stereocenters. The highest BCUT2D eigenvalue weighted by molar-refractivity contribution is 7.09. The highest BCUT2D eigenvalue weighted by Crippen LogP contribution is 2.07. The number of nitrogens with one attached hydrogen (secondary N) is 1. The van der Waals surface area contributed by atoms with E-state index >= 15 is 0 Å². The number of carbonyl (C=O) groups is 1. The van der Waals surface area contributed by atoms with Gasteiger partial charge in [0.1, 0.15) is 0 Å². The van der Waals surface area contributed by atoms with Crippen LogP contribution in [0.2, 0.25) is 0 Å². The normalized spacial score (nSPS) is 17.1. The van der Waals surface area contributed by atoms with E-state index in [1.165, 1.54) is 0 Å². The van der Waals surface area contributed by atoms with E-state index in [4.69, 9.17) is 0 Å². The molecule has 2 rings (SSSR count). The van der Waals surface area contributed by atoms with Gasteiger partial charge in [0.25, 0.3) is 0 Å². The highest BCUT2D eigenvalue weighted by Gasteiger charge is 2.18. The Hall–Kier alpha value is -0.980. The summed E-state index contributed by atoms with van der Waals surface area (Å²) >= 11 is 1.64. The molecule has 0 unspecified atom stereocenters. The van der Waals surface area contributed by atoms with Gasteiger partial charge in [0, 0.05) is 38.1 Å². The number of rotatable bonds is 4. The van der Waals surface area contributed by atoms with Crippen LogP contribution in [0.5, 0.6) is 0 Å². The van der Waals surface area contributed by atoms with E-state index < -0.39 is 0 Å². The number of amides is 1. The molecule has 0 bridgehead atoms. The van der Waals surface area contributed by atoms with Crippen LogP contribution in [0.25, 0.3) is 0 Å². The molecule has 2 heterocycles. The average Bonchev–Trinajstić information content (AvgIpc) is 2.76. The summed E-state index contributed by atoms with van der Waals surface area (Å²) in [7, 11) is 2.09. The molecule has 100 valence electrons. The van der Waals surface area contributed by atoms with Crippen LogP contribution in [-0.4, -0.2) is 60.5 Å². The number of hydrogen-bond donors (Lipinski definition) is 1. The summed E-state index contributed by atoms with van der Waals surface area (Å²) in [5.41, 5.74) is 1.02. The van der Waals surface area contributed by atoms with Crippen molar-refractivity contribution in [2.45, 2.75) is 13.5 Å². The topological polar surface area (TPSA) is 48.5 Å². The largest absolute Gasteiger partial charge is 0.339 e. The summed E-state index contributed by atoms with van der Waals surface area (Å²) in [6, 6.07) is 0. The van der Waals surface area contributed by atoms with Crippen molar-refractivity contribution in [3.63, 3.8) is 0 Å². The first-order valence-corrected chi connectivity index (χ1v) is 7.11. The molecule has 1 N–H and O–H groups in total. The SMILES string of the molecule is Cc1nc(CNCC(=O)N2CCN(C)CC2)cs1. The number of carbonyl (C=O) groups excluding carboxylic acids is 1. The quantitative estimate of drug-likeness (QED) is 0.854. The number of likely N-dealkylation sites (N-methyl/N-ethyl adjacent to an activating group) is 1. The Balaban J connectivity index is 1.68. The van der Waals surface area contributed by atoms with Crippen molar-refractivity contribution >= 4 is 17.2 Å². The molecule has 1 aliphatic rings. The predicted octanol–water partition coefficient (Wildman–Crippen LogP) is 0.315. The number of hydrogen-bond acceptors (Lipinski definition) is 5. The standard InChI is InChI=1S/C12H20N4OS/c1-10-14-11(9-18-10)7-13-8-12(17)16-5-3-15(2)4-6-16/h9,13H,3-8H2,1-2H3. The second kappa shape index (κ2) is 6.26. The maximum absolute atomic E-state index is 11.9. The minimum Gasteiger partial charge on any atom is -0.339 e.